The van der Waals surface area contributed by atoms with E-state index in [9.17, 15) is 4.79 Å². The molecular formula is C18H29N3O. The lowest BCUT2D eigenvalue weighted by molar-refractivity contribution is 0.0886. The lowest BCUT2D eigenvalue weighted by Crippen LogP contribution is -2.46. The number of amides is 1. The third-order valence-electron chi connectivity index (χ3n) is 3.87. The number of hydrogen-bond acceptors (Lipinski definition) is 3. The summed E-state index contributed by atoms with van der Waals surface area (Å²) in [7, 11) is 0. The first-order chi connectivity index (χ1) is 10.2. The summed E-state index contributed by atoms with van der Waals surface area (Å²) < 4.78 is 0. The molecule has 1 fully saturated rings. The molecule has 4 nitrogen and oxygen atoms in total. The molecule has 4 heteroatoms. The second-order valence-electron chi connectivity index (χ2n) is 8.17. The first kappa shape index (κ1) is 16.8. The van der Waals surface area contributed by atoms with E-state index >= 15 is 0 Å². The van der Waals surface area contributed by atoms with E-state index in [0.717, 1.165) is 25.2 Å². The van der Waals surface area contributed by atoms with Gasteiger partial charge in [-0.3, -0.25) is 9.78 Å². The van der Waals surface area contributed by atoms with Gasteiger partial charge in [0, 0.05) is 30.5 Å². The maximum absolute atomic E-state index is 12.5. The highest BCUT2D eigenvalue weighted by Gasteiger charge is 2.28. The maximum atomic E-state index is 12.5. The SMILES string of the molecule is CC(C)(C)CC(C)(C)NC(=O)c1cc(N2CCCC2)ccn1. The third-order valence-corrected chi connectivity index (χ3v) is 3.87. The molecule has 2 heterocycles. The highest BCUT2D eigenvalue weighted by Crippen LogP contribution is 2.27. The first-order valence-corrected chi connectivity index (χ1v) is 8.20. The summed E-state index contributed by atoms with van der Waals surface area (Å²) in [5.74, 6) is -0.0877. The van der Waals surface area contributed by atoms with Gasteiger partial charge >= 0.3 is 0 Å². The van der Waals surface area contributed by atoms with E-state index in [-0.39, 0.29) is 16.9 Å². The van der Waals surface area contributed by atoms with Gasteiger partial charge in [-0.1, -0.05) is 20.8 Å². The van der Waals surface area contributed by atoms with Crippen molar-refractivity contribution >= 4 is 11.6 Å². The van der Waals surface area contributed by atoms with Gasteiger partial charge in [0.05, 0.1) is 0 Å². The Balaban J connectivity index is 2.07. The van der Waals surface area contributed by atoms with E-state index in [4.69, 9.17) is 0 Å². The van der Waals surface area contributed by atoms with Crippen LogP contribution >= 0.6 is 0 Å². The Morgan fingerprint density at radius 2 is 1.86 bits per heavy atom. The van der Waals surface area contributed by atoms with Crippen LogP contribution in [0.4, 0.5) is 5.69 Å². The van der Waals surface area contributed by atoms with Gasteiger partial charge in [0.15, 0.2) is 0 Å². The van der Waals surface area contributed by atoms with Crippen LogP contribution in [0.15, 0.2) is 18.3 Å². The molecular weight excluding hydrogens is 274 g/mol. The predicted octanol–water partition coefficient (Wildman–Crippen LogP) is 3.63. The highest BCUT2D eigenvalue weighted by atomic mass is 16.2. The molecule has 0 saturated carbocycles. The second-order valence-corrected chi connectivity index (χ2v) is 8.17. The number of nitrogens with one attached hydrogen (secondary N) is 1. The summed E-state index contributed by atoms with van der Waals surface area (Å²) in [6.45, 7) is 12.8. The number of carbonyl (C=O) groups is 1. The molecule has 0 spiro atoms. The molecule has 0 radical (unpaired) electrons. The molecule has 0 bridgehead atoms. The monoisotopic (exact) mass is 303 g/mol. The van der Waals surface area contributed by atoms with Gasteiger partial charge in [-0.25, -0.2) is 0 Å². The zero-order valence-electron chi connectivity index (χ0n) is 14.6. The molecule has 2 rings (SSSR count). The molecule has 1 aromatic rings. The van der Waals surface area contributed by atoms with E-state index in [2.05, 4.69) is 49.8 Å². The first-order valence-electron chi connectivity index (χ1n) is 8.20. The smallest absolute Gasteiger partial charge is 0.270 e. The molecule has 0 atom stereocenters. The van der Waals surface area contributed by atoms with Crippen LogP contribution in [-0.4, -0.2) is 29.5 Å². The Kier molecular flexibility index (Phi) is 4.78. The largest absolute Gasteiger partial charge is 0.371 e. The average Bonchev–Trinajstić information content (AvgIpc) is 2.89. The quantitative estimate of drug-likeness (QED) is 0.924. The van der Waals surface area contributed by atoms with E-state index < -0.39 is 0 Å². The van der Waals surface area contributed by atoms with Crippen LogP contribution in [0.3, 0.4) is 0 Å². The Morgan fingerprint density at radius 1 is 1.23 bits per heavy atom. The van der Waals surface area contributed by atoms with Gasteiger partial charge in [-0.15, -0.1) is 0 Å². The van der Waals surface area contributed by atoms with Crippen molar-refractivity contribution < 1.29 is 4.79 Å². The van der Waals surface area contributed by atoms with Gasteiger partial charge in [0.1, 0.15) is 5.69 Å². The lowest BCUT2D eigenvalue weighted by atomic mass is 9.82. The minimum Gasteiger partial charge on any atom is -0.371 e. The molecule has 1 N–H and O–H groups in total. The summed E-state index contributed by atoms with van der Waals surface area (Å²) in [6.07, 6.45) is 5.10. The van der Waals surface area contributed by atoms with Crippen LogP contribution in [0, 0.1) is 5.41 Å². The van der Waals surface area contributed by atoms with Crippen LogP contribution < -0.4 is 10.2 Å². The standard InChI is InChI=1S/C18H29N3O/c1-17(2,3)13-18(4,5)20-16(22)15-12-14(8-9-19-15)21-10-6-7-11-21/h8-9,12H,6-7,10-11,13H2,1-5H3,(H,20,22). The fraction of sp³-hybridized carbons (Fsp3) is 0.667. The van der Waals surface area contributed by atoms with Crippen LogP contribution in [0.5, 0.6) is 0 Å². The van der Waals surface area contributed by atoms with Crippen LogP contribution in [0.1, 0.15) is 64.4 Å². The van der Waals surface area contributed by atoms with Crippen molar-refractivity contribution in [1.29, 1.82) is 0 Å². The predicted molar refractivity (Wildman–Crippen MR) is 91.3 cm³/mol. The van der Waals surface area contributed by atoms with E-state index in [1.807, 2.05) is 12.1 Å². The number of hydrogen-bond donors (Lipinski definition) is 1. The molecule has 0 unspecified atom stereocenters. The number of carbonyl (C=O) groups excluding carboxylic acids is 1. The van der Waals surface area contributed by atoms with Crippen molar-refractivity contribution in [3.63, 3.8) is 0 Å². The third kappa shape index (κ3) is 4.72. The van der Waals surface area contributed by atoms with Gasteiger partial charge in [0.2, 0.25) is 0 Å². The number of rotatable bonds is 4. The number of anilines is 1. The fourth-order valence-corrected chi connectivity index (χ4v) is 3.46. The van der Waals surface area contributed by atoms with Crippen LogP contribution in [0.25, 0.3) is 0 Å². The van der Waals surface area contributed by atoms with Gasteiger partial charge < -0.3 is 10.2 Å². The zero-order valence-corrected chi connectivity index (χ0v) is 14.6. The minimum atomic E-state index is -0.249. The molecule has 1 saturated heterocycles. The van der Waals surface area contributed by atoms with Gasteiger partial charge in [-0.05, 0) is 50.7 Å². The molecule has 22 heavy (non-hydrogen) atoms. The maximum Gasteiger partial charge on any atom is 0.270 e. The van der Waals surface area contributed by atoms with Crippen LogP contribution in [-0.2, 0) is 0 Å². The summed E-state index contributed by atoms with van der Waals surface area (Å²) in [5.41, 5.74) is 1.53. The normalized spacial score (nSPS) is 16.0. The Hall–Kier alpha value is -1.58. The summed E-state index contributed by atoms with van der Waals surface area (Å²) in [4.78, 5) is 19.1. The molecule has 122 valence electrons. The molecule has 0 aliphatic carbocycles. The fourth-order valence-electron chi connectivity index (χ4n) is 3.46. The van der Waals surface area contributed by atoms with Crippen molar-refractivity contribution in [3.05, 3.63) is 24.0 Å². The molecule has 1 amide bonds. The number of nitrogens with zero attached hydrogens (tertiary/aromatic N) is 2. The zero-order chi connectivity index (χ0) is 16.4. The molecule has 1 aromatic heterocycles. The molecule has 1 aliphatic heterocycles. The van der Waals surface area contributed by atoms with Crippen molar-refractivity contribution in [1.82, 2.24) is 10.3 Å². The summed E-state index contributed by atoms with van der Waals surface area (Å²) >= 11 is 0. The Morgan fingerprint density at radius 3 is 2.45 bits per heavy atom. The van der Waals surface area contributed by atoms with Crippen molar-refractivity contribution in [2.75, 3.05) is 18.0 Å². The Bertz CT molecular complexity index is 525. The molecule has 1 aliphatic rings. The molecule has 0 aromatic carbocycles. The van der Waals surface area contributed by atoms with Crippen molar-refractivity contribution in [2.24, 2.45) is 5.41 Å². The van der Waals surface area contributed by atoms with Gasteiger partial charge in [0.25, 0.3) is 5.91 Å². The van der Waals surface area contributed by atoms with E-state index in [1.54, 1.807) is 6.20 Å². The minimum absolute atomic E-state index is 0.0877. The Labute approximate surface area is 134 Å². The van der Waals surface area contributed by atoms with E-state index in [0.29, 0.717) is 5.69 Å². The van der Waals surface area contributed by atoms with Crippen molar-refractivity contribution in [2.45, 2.75) is 59.4 Å². The summed E-state index contributed by atoms with van der Waals surface area (Å²) in [5, 5.41) is 3.13. The van der Waals surface area contributed by atoms with Crippen LogP contribution in [0.2, 0.25) is 0 Å². The average molecular weight is 303 g/mol. The van der Waals surface area contributed by atoms with Crippen molar-refractivity contribution in [3.8, 4) is 0 Å². The topological polar surface area (TPSA) is 45.2 Å². The van der Waals surface area contributed by atoms with Gasteiger partial charge in [-0.2, -0.15) is 0 Å². The highest BCUT2D eigenvalue weighted by molar-refractivity contribution is 5.93. The number of pyridine rings is 1. The summed E-state index contributed by atoms with van der Waals surface area (Å²) in [6, 6.07) is 3.90. The number of aromatic nitrogens is 1. The lowest BCUT2D eigenvalue weighted by Gasteiger charge is -2.33. The second kappa shape index (κ2) is 6.27. The van der Waals surface area contributed by atoms with E-state index in [1.165, 1.54) is 12.8 Å².